The van der Waals surface area contributed by atoms with Gasteiger partial charge in [0.25, 0.3) is 0 Å². The van der Waals surface area contributed by atoms with Gasteiger partial charge in [0.05, 0.1) is 11.6 Å². The molecule has 1 amide bonds. The summed E-state index contributed by atoms with van der Waals surface area (Å²) < 4.78 is 0. The molecule has 2 N–H and O–H groups in total. The van der Waals surface area contributed by atoms with Gasteiger partial charge >= 0.3 is 0 Å². The van der Waals surface area contributed by atoms with E-state index in [1.807, 2.05) is 36.4 Å². The Bertz CT molecular complexity index is 635. The maximum absolute atomic E-state index is 12.7. The number of benzene rings is 2. The third-order valence-electron chi connectivity index (χ3n) is 4.59. The van der Waals surface area contributed by atoms with Gasteiger partial charge in [-0.1, -0.05) is 60.7 Å². The molecule has 0 saturated carbocycles. The molecule has 2 atom stereocenters. The topological polar surface area (TPSA) is 41.1 Å². The number of carbonyl (C=O) groups excluding carboxylic acids is 1. The first-order valence-corrected chi connectivity index (χ1v) is 8.32. The zero-order valence-corrected chi connectivity index (χ0v) is 13.6. The van der Waals surface area contributed by atoms with Crippen LogP contribution in [0.25, 0.3) is 0 Å². The monoisotopic (exact) mass is 308 g/mol. The van der Waals surface area contributed by atoms with Crippen molar-refractivity contribution < 1.29 is 4.79 Å². The van der Waals surface area contributed by atoms with Crippen LogP contribution in [-0.2, 0) is 16.8 Å². The van der Waals surface area contributed by atoms with Crippen molar-refractivity contribution in [3.05, 3.63) is 71.8 Å². The smallest absolute Gasteiger partial charge is 0.237 e. The van der Waals surface area contributed by atoms with E-state index in [9.17, 15) is 4.79 Å². The van der Waals surface area contributed by atoms with Gasteiger partial charge in [-0.05, 0) is 43.9 Å². The van der Waals surface area contributed by atoms with Crippen LogP contribution in [0.3, 0.4) is 0 Å². The van der Waals surface area contributed by atoms with Crippen molar-refractivity contribution in [3.8, 4) is 0 Å². The van der Waals surface area contributed by atoms with Gasteiger partial charge in [-0.2, -0.15) is 0 Å². The standard InChI is InChI=1S/C20H24N2O/c1-20(17-11-6-3-7-12-17,15-16-9-4-2-5-10-16)22-19(23)18-13-8-14-21-18/h2-7,9-12,18,21H,8,13-15H2,1H3,(H,22,23)/t18-,20?/m1/s1. The third-order valence-corrected chi connectivity index (χ3v) is 4.59. The molecule has 2 aromatic rings. The molecule has 0 radical (unpaired) electrons. The Morgan fingerprint density at radius 3 is 2.39 bits per heavy atom. The van der Waals surface area contributed by atoms with Crippen LogP contribution >= 0.6 is 0 Å². The van der Waals surface area contributed by atoms with Gasteiger partial charge in [0.1, 0.15) is 0 Å². The zero-order chi connectivity index (χ0) is 16.1. The van der Waals surface area contributed by atoms with E-state index in [1.54, 1.807) is 0 Å². The fourth-order valence-electron chi connectivity index (χ4n) is 3.30. The average Bonchev–Trinajstić information content (AvgIpc) is 3.11. The summed E-state index contributed by atoms with van der Waals surface area (Å²) in [6, 6.07) is 20.5. The lowest BCUT2D eigenvalue weighted by atomic mass is 9.85. The molecule has 0 spiro atoms. The number of hydrogen-bond acceptors (Lipinski definition) is 2. The molecule has 1 saturated heterocycles. The molecule has 1 aliphatic heterocycles. The van der Waals surface area contributed by atoms with Crippen molar-refractivity contribution in [1.82, 2.24) is 10.6 Å². The van der Waals surface area contributed by atoms with Crippen molar-refractivity contribution in [2.45, 2.75) is 37.8 Å². The minimum Gasteiger partial charge on any atom is -0.345 e. The highest BCUT2D eigenvalue weighted by molar-refractivity contribution is 5.83. The Balaban J connectivity index is 1.85. The highest BCUT2D eigenvalue weighted by Crippen LogP contribution is 2.26. The Labute approximate surface area is 138 Å². The van der Waals surface area contributed by atoms with Crippen molar-refractivity contribution in [2.24, 2.45) is 0 Å². The summed E-state index contributed by atoms with van der Waals surface area (Å²) in [5.41, 5.74) is 1.94. The van der Waals surface area contributed by atoms with Crippen molar-refractivity contribution in [1.29, 1.82) is 0 Å². The van der Waals surface area contributed by atoms with E-state index in [4.69, 9.17) is 0 Å². The summed E-state index contributed by atoms with van der Waals surface area (Å²) in [6.07, 6.45) is 2.76. The van der Waals surface area contributed by atoms with E-state index in [1.165, 1.54) is 5.56 Å². The summed E-state index contributed by atoms with van der Waals surface area (Å²) in [6.45, 7) is 3.04. The first-order valence-electron chi connectivity index (χ1n) is 8.32. The van der Waals surface area contributed by atoms with Gasteiger partial charge in [-0.15, -0.1) is 0 Å². The number of hydrogen-bond donors (Lipinski definition) is 2. The quantitative estimate of drug-likeness (QED) is 0.891. The summed E-state index contributed by atoms with van der Waals surface area (Å²) in [5, 5.41) is 6.58. The number of amides is 1. The molecule has 3 rings (SSSR count). The van der Waals surface area contributed by atoms with E-state index in [2.05, 4.69) is 41.8 Å². The largest absolute Gasteiger partial charge is 0.345 e. The molecule has 1 heterocycles. The van der Waals surface area contributed by atoms with Gasteiger partial charge < -0.3 is 10.6 Å². The normalized spacial score (nSPS) is 20.0. The highest BCUT2D eigenvalue weighted by Gasteiger charge is 2.32. The number of rotatable bonds is 5. The van der Waals surface area contributed by atoms with E-state index in [0.29, 0.717) is 0 Å². The van der Waals surface area contributed by atoms with Gasteiger partial charge in [-0.25, -0.2) is 0 Å². The summed E-state index contributed by atoms with van der Waals surface area (Å²) in [4.78, 5) is 12.7. The molecule has 2 aromatic carbocycles. The van der Waals surface area contributed by atoms with E-state index in [-0.39, 0.29) is 11.9 Å². The average molecular weight is 308 g/mol. The molecule has 0 aliphatic carbocycles. The van der Waals surface area contributed by atoms with Crippen LogP contribution in [0.5, 0.6) is 0 Å². The van der Waals surface area contributed by atoms with Gasteiger partial charge in [0, 0.05) is 0 Å². The van der Waals surface area contributed by atoms with E-state index in [0.717, 1.165) is 31.4 Å². The minimum absolute atomic E-state index is 0.0613. The first kappa shape index (κ1) is 15.8. The molecule has 0 aromatic heterocycles. The van der Waals surface area contributed by atoms with E-state index >= 15 is 0 Å². The van der Waals surface area contributed by atoms with E-state index < -0.39 is 5.54 Å². The molecule has 120 valence electrons. The molecule has 23 heavy (non-hydrogen) atoms. The maximum atomic E-state index is 12.7. The van der Waals surface area contributed by atoms with Crippen molar-refractivity contribution >= 4 is 5.91 Å². The maximum Gasteiger partial charge on any atom is 0.237 e. The van der Waals surface area contributed by atoms with Gasteiger partial charge in [-0.3, -0.25) is 4.79 Å². The van der Waals surface area contributed by atoms with Crippen LogP contribution in [0, 0.1) is 0 Å². The van der Waals surface area contributed by atoms with Crippen LogP contribution in [-0.4, -0.2) is 18.5 Å². The molecule has 0 bridgehead atoms. The molecular weight excluding hydrogens is 284 g/mol. The molecule has 3 nitrogen and oxygen atoms in total. The summed E-state index contributed by atoms with van der Waals surface area (Å²) in [7, 11) is 0. The van der Waals surface area contributed by atoms with Gasteiger partial charge in [0.15, 0.2) is 0 Å². The predicted molar refractivity (Wildman–Crippen MR) is 93.1 cm³/mol. The fourth-order valence-corrected chi connectivity index (χ4v) is 3.30. The fraction of sp³-hybridized carbons (Fsp3) is 0.350. The molecule has 3 heteroatoms. The number of nitrogens with one attached hydrogen (secondary N) is 2. The van der Waals surface area contributed by atoms with Gasteiger partial charge in [0.2, 0.25) is 5.91 Å². The predicted octanol–water partition coefficient (Wildman–Crippen LogP) is 3.01. The van der Waals surface area contributed by atoms with Crippen LogP contribution in [0.1, 0.15) is 30.9 Å². The Hall–Kier alpha value is -2.13. The number of carbonyl (C=O) groups is 1. The van der Waals surface area contributed by atoms with Crippen LogP contribution < -0.4 is 10.6 Å². The molecular formula is C20H24N2O. The summed E-state index contributed by atoms with van der Waals surface area (Å²) in [5.74, 6) is 0.102. The third kappa shape index (κ3) is 3.80. The highest BCUT2D eigenvalue weighted by atomic mass is 16.2. The Kier molecular flexibility index (Phi) is 4.77. The lowest BCUT2D eigenvalue weighted by Crippen LogP contribution is -2.51. The second-order valence-corrected chi connectivity index (χ2v) is 6.50. The lowest BCUT2D eigenvalue weighted by Gasteiger charge is -2.33. The second kappa shape index (κ2) is 6.97. The molecule has 1 aliphatic rings. The van der Waals surface area contributed by atoms with Crippen molar-refractivity contribution in [3.63, 3.8) is 0 Å². The Morgan fingerprint density at radius 2 is 1.78 bits per heavy atom. The zero-order valence-electron chi connectivity index (χ0n) is 13.6. The SMILES string of the molecule is CC(Cc1ccccc1)(NC(=O)[C@H]1CCCN1)c1ccccc1. The summed E-state index contributed by atoms with van der Waals surface area (Å²) >= 11 is 0. The van der Waals surface area contributed by atoms with Crippen LogP contribution in [0.2, 0.25) is 0 Å². The molecule has 1 fully saturated rings. The van der Waals surface area contributed by atoms with Crippen LogP contribution in [0.15, 0.2) is 60.7 Å². The second-order valence-electron chi connectivity index (χ2n) is 6.50. The first-order chi connectivity index (χ1) is 11.2. The lowest BCUT2D eigenvalue weighted by molar-refractivity contribution is -0.124. The van der Waals surface area contributed by atoms with Crippen molar-refractivity contribution in [2.75, 3.05) is 6.54 Å². The minimum atomic E-state index is -0.413. The van der Waals surface area contributed by atoms with Crippen LogP contribution in [0.4, 0.5) is 0 Å². The Morgan fingerprint density at radius 1 is 1.13 bits per heavy atom. The molecule has 1 unspecified atom stereocenters.